The van der Waals surface area contributed by atoms with Crippen molar-refractivity contribution in [2.45, 2.75) is 65.0 Å². The number of phenolic OH excluding ortho intramolecular Hbond substituents is 1. The van der Waals surface area contributed by atoms with Gasteiger partial charge in [-0.3, -0.25) is 4.90 Å². The van der Waals surface area contributed by atoms with Gasteiger partial charge in [0.15, 0.2) is 0 Å². The van der Waals surface area contributed by atoms with Crippen LogP contribution in [-0.4, -0.2) is 47.6 Å². The second-order valence-electron chi connectivity index (χ2n) is 11.8. The molecule has 1 aliphatic carbocycles. The second kappa shape index (κ2) is 8.66. The molecule has 1 N–H and O–H groups in total. The normalized spacial score (nSPS) is 29.8. The Bertz CT molecular complexity index is 959. The molecule has 1 saturated carbocycles. The predicted molar refractivity (Wildman–Crippen MR) is 135 cm³/mol. The molecular formula is C28H39ClN2O. The van der Waals surface area contributed by atoms with Crippen LogP contribution in [0.2, 0.25) is 0 Å². The summed E-state index contributed by atoms with van der Waals surface area (Å²) in [5.41, 5.74) is 6.03. The minimum absolute atomic E-state index is 0. The van der Waals surface area contributed by atoms with Gasteiger partial charge in [0, 0.05) is 43.7 Å². The van der Waals surface area contributed by atoms with E-state index in [1.54, 1.807) is 0 Å². The number of fused-ring (bicyclic) bond motifs is 3. The van der Waals surface area contributed by atoms with Crippen LogP contribution in [0.25, 0.3) is 0 Å². The molecule has 3 atom stereocenters. The summed E-state index contributed by atoms with van der Waals surface area (Å²) >= 11 is 0. The Morgan fingerprint density at radius 2 is 1.81 bits per heavy atom. The van der Waals surface area contributed by atoms with Gasteiger partial charge >= 0.3 is 0 Å². The van der Waals surface area contributed by atoms with Crippen LogP contribution in [0.15, 0.2) is 42.5 Å². The molecule has 0 spiro atoms. The number of benzene rings is 2. The second-order valence-corrected chi connectivity index (χ2v) is 11.8. The molecule has 174 valence electrons. The first kappa shape index (κ1) is 23.6. The van der Waals surface area contributed by atoms with Crippen molar-refractivity contribution in [3.8, 4) is 5.75 Å². The lowest BCUT2D eigenvalue weighted by atomic mass is 9.65. The molecule has 32 heavy (non-hydrogen) atoms. The van der Waals surface area contributed by atoms with Gasteiger partial charge < -0.3 is 10.0 Å². The Hall–Kier alpha value is -1.55. The fraction of sp³-hybridized carbons (Fsp3) is 0.571. The molecule has 2 fully saturated rings. The highest BCUT2D eigenvalue weighted by atomic mass is 35.5. The van der Waals surface area contributed by atoms with Crippen LogP contribution < -0.4 is 0 Å². The van der Waals surface area contributed by atoms with E-state index in [4.69, 9.17) is 0 Å². The molecule has 2 bridgehead atoms. The first-order valence-corrected chi connectivity index (χ1v) is 12.0. The molecule has 0 radical (unpaired) electrons. The van der Waals surface area contributed by atoms with Gasteiger partial charge in [0.1, 0.15) is 5.75 Å². The number of rotatable bonds is 3. The summed E-state index contributed by atoms with van der Waals surface area (Å²) in [6, 6.07) is 15.9. The third kappa shape index (κ3) is 4.58. The Morgan fingerprint density at radius 1 is 1.06 bits per heavy atom. The van der Waals surface area contributed by atoms with Gasteiger partial charge in [0.05, 0.1) is 0 Å². The number of likely N-dealkylation sites (N-methyl/N-ethyl adjacent to an activating group) is 1. The molecule has 2 aromatic carbocycles. The maximum Gasteiger partial charge on any atom is 0.120 e. The number of hydrogen-bond acceptors (Lipinski definition) is 3. The van der Waals surface area contributed by atoms with E-state index in [1.807, 2.05) is 0 Å². The number of aromatic hydroxyl groups is 1. The molecule has 3 unspecified atom stereocenters. The van der Waals surface area contributed by atoms with E-state index in [0.717, 1.165) is 38.2 Å². The summed E-state index contributed by atoms with van der Waals surface area (Å²) < 4.78 is 0. The predicted octanol–water partition coefficient (Wildman–Crippen LogP) is 5.83. The third-order valence-electron chi connectivity index (χ3n) is 8.07. The van der Waals surface area contributed by atoms with Crippen LogP contribution in [0.1, 0.15) is 68.2 Å². The molecule has 1 saturated heterocycles. The molecule has 2 aliphatic heterocycles. The SMILES string of the molecule is CN1CCc2cc(CN3CC4(C)CC3CC(C)(C)C4)c(O)cc2C(c2ccccc2)C1.Cl. The maximum atomic E-state index is 11.1. The van der Waals surface area contributed by atoms with E-state index in [1.165, 1.54) is 36.0 Å². The highest BCUT2D eigenvalue weighted by Crippen LogP contribution is 2.53. The minimum atomic E-state index is 0. The third-order valence-corrected chi connectivity index (χ3v) is 8.07. The molecule has 2 heterocycles. The van der Waals surface area contributed by atoms with Gasteiger partial charge in [0.25, 0.3) is 0 Å². The van der Waals surface area contributed by atoms with Crippen LogP contribution in [0.4, 0.5) is 0 Å². The topological polar surface area (TPSA) is 26.7 Å². The Labute approximate surface area is 200 Å². The van der Waals surface area contributed by atoms with Gasteiger partial charge in [-0.1, -0.05) is 57.2 Å². The maximum absolute atomic E-state index is 11.1. The smallest absolute Gasteiger partial charge is 0.120 e. The fourth-order valence-electron chi connectivity index (χ4n) is 7.13. The Kier molecular flexibility index (Phi) is 6.39. The van der Waals surface area contributed by atoms with Crippen molar-refractivity contribution < 1.29 is 5.11 Å². The van der Waals surface area contributed by atoms with E-state index < -0.39 is 0 Å². The van der Waals surface area contributed by atoms with Crippen molar-refractivity contribution in [3.05, 3.63) is 64.7 Å². The van der Waals surface area contributed by atoms with Crippen LogP contribution in [-0.2, 0) is 13.0 Å². The number of phenols is 1. The summed E-state index contributed by atoms with van der Waals surface area (Å²) in [5, 5.41) is 11.1. The van der Waals surface area contributed by atoms with E-state index >= 15 is 0 Å². The van der Waals surface area contributed by atoms with Crippen LogP contribution in [0, 0.1) is 10.8 Å². The molecule has 2 aromatic rings. The van der Waals surface area contributed by atoms with E-state index in [-0.39, 0.29) is 12.4 Å². The monoisotopic (exact) mass is 454 g/mol. The lowest BCUT2D eigenvalue weighted by Gasteiger charge is -2.40. The average molecular weight is 455 g/mol. The number of halogens is 1. The van der Waals surface area contributed by atoms with Gasteiger partial charge in [-0.15, -0.1) is 12.4 Å². The van der Waals surface area contributed by atoms with Crippen molar-refractivity contribution >= 4 is 12.4 Å². The van der Waals surface area contributed by atoms with E-state index in [0.29, 0.717) is 28.5 Å². The molecule has 3 aliphatic rings. The first-order valence-electron chi connectivity index (χ1n) is 12.0. The van der Waals surface area contributed by atoms with Gasteiger partial charge in [-0.25, -0.2) is 0 Å². The Balaban J connectivity index is 0.00000245. The summed E-state index contributed by atoms with van der Waals surface area (Å²) in [4.78, 5) is 5.09. The largest absolute Gasteiger partial charge is 0.508 e. The van der Waals surface area contributed by atoms with Crippen molar-refractivity contribution in [1.82, 2.24) is 9.80 Å². The highest BCUT2D eigenvalue weighted by Gasteiger charge is 2.49. The van der Waals surface area contributed by atoms with Gasteiger partial charge in [-0.2, -0.15) is 0 Å². The summed E-state index contributed by atoms with van der Waals surface area (Å²) in [7, 11) is 2.22. The van der Waals surface area contributed by atoms with Crippen LogP contribution in [0.3, 0.4) is 0 Å². The molecule has 5 rings (SSSR count). The van der Waals surface area contributed by atoms with Crippen molar-refractivity contribution in [3.63, 3.8) is 0 Å². The quantitative estimate of drug-likeness (QED) is 0.631. The zero-order valence-corrected chi connectivity index (χ0v) is 20.9. The minimum Gasteiger partial charge on any atom is -0.508 e. The van der Waals surface area contributed by atoms with Crippen molar-refractivity contribution in [2.75, 3.05) is 26.7 Å². The van der Waals surface area contributed by atoms with Crippen molar-refractivity contribution in [2.24, 2.45) is 10.8 Å². The molecular weight excluding hydrogens is 416 g/mol. The zero-order valence-electron chi connectivity index (χ0n) is 20.1. The highest BCUT2D eigenvalue weighted by molar-refractivity contribution is 5.85. The van der Waals surface area contributed by atoms with Gasteiger partial charge in [-0.05, 0) is 66.3 Å². The summed E-state index contributed by atoms with van der Waals surface area (Å²) in [6.45, 7) is 11.4. The molecule has 0 amide bonds. The van der Waals surface area contributed by atoms with Crippen LogP contribution >= 0.6 is 12.4 Å². The summed E-state index contributed by atoms with van der Waals surface area (Å²) in [5.74, 6) is 0.796. The average Bonchev–Trinajstić information content (AvgIpc) is 2.83. The number of hydrogen-bond donors (Lipinski definition) is 1. The number of nitrogens with zero attached hydrogens (tertiary/aromatic N) is 2. The first-order chi connectivity index (χ1) is 14.7. The number of likely N-dealkylation sites (tertiary alicyclic amines) is 1. The van der Waals surface area contributed by atoms with E-state index in [2.05, 4.69) is 80.1 Å². The summed E-state index contributed by atoms with van der Waals surface area (Å²) in [6.07, 6.45) is 4.95. The molecule has 4 heteroatoms. The molecule has 0 aromatic heterocycles. The lowest BCUT2D eigenvalue weighted by Crippen LogP contribution is -2.34. The van der Waals surface area contributed by atoms with Crippen LogP contribution in [0.5, 0.6) is 5.75 Å². The standard InChI is InChI=1S/C28H38N2O.ClH/c1-27(2)14-23-15-28(3,18-27)19-30(23)16-22-12-21-10-11-29(4)17-25(24(21)13-26(22)31)20-8-6-5-7-9-20;/h5-9,12-13,23,25,31H,10-11,14-19H2,1-4H3;1H. The Morgan fingerprint density at radius 3 is 2.56 bits per heavy atom. The van der Waals surface area contributed by atoms with E-state index in [9.17, 15) is 5.11 Å². The lowest BCUT2D eigenvalue weighted by molar-refractivity contribution is 0.126. The van der Waals surface area contributed by atoms with Gasteiger partial charge in [0.2, 0.25) is 0 Å². The fourth-order valence-corrected chi connectivity index (χ4v) is 7.13. The van der Waals surface area contributed by atoms with Crippen molar-refractivity contribution in [1.29, 1.82) is 0 Å². The molecule has 3 nitrogen and oxygen atoms in total. The zero-order chi connectivity index (χ0) is 21.8.